The zero-order valence-corrected chi connectivity index (χ0v) is 8.05. The Morgan fingerprint density at radius 2 is 2.33 bits per heavy atom. The maximum Gasteiger partial charge on any atom is 0.0499 e. The van der Waals surface area contributed by atoms with Crippen LogP contribution in [-0.4, -0.2) is 18.3 Å². The van der Waals surface area contributed by atoms with E-state index in [4.69, 9.17) is 5.73 Å². The molecule has 1 aliphatic carbocycles. The van der Waals surface area contributed by atoms with Gasteiger partial charge in [-0.2, -0.15) is 0 Å². The first kappa shape index (κ1) is 10.0. The lowest BCUT2D eigenvalue weighted by atomic mass is 9.69. The third-order valence-electron chi connectivity index (χ3n) is 3.39. The second kappa shape index (κ2) is 4.24. The molecule has 1 aliphatic rings. The third-order valence-corrected chi connectivity index (χ3v) is 3.39. The van der Waals surface area contributed by atoms with E-state index in [1.807, 2.05) is 0 Å². The Kier molecular flexibility index (Phi) is 3.53. The van der Waals surface area contributed by atoms with E-state index < -0.39 is 0 Å². The molecule has 0 heterocycles. The average molecular weight is 171 g/mol. The minimum absolute atomic E-state index is 0.0684. The Hall–Kier alpha value is -0.0800. The molecule has 1 rings (SSSR count). The Bertz CT molecular complexity index is 132. The van der Waals surface area contributed by atoms with Crippen LogP contribution in [-0.2, 0) is 0 Å². The molecule has 72 valence electrons. The summed E-state index contributed by atoms with van der Waals surface area (Å²) in [5.74, 6) is 0.800. The number of nitrogens with two attached hydrogens (primary N) is 1. The van der Waals surface area contributed by atoms with Gasteiger partial charge in [0.25, 0.3) is 0 Å². The van der Waals surface area contributed by atoms with E-state index in [0.29, 0.717) is 6.54 Å². The van der Waals surface area contributed by atoms with Crippen molar-refractivity contribution in [3.05, 3.63) is 0 Å². The quantitative estimate of drug-likeness (QED) is 0.676. The van der Waals surface area contributed by atoms with Crippen molar-refractivity contribution >= 4 is 0 Å². The number of hydrogen-bond acceptors (Lipinski definition) is 2. The van der Waals surface area contributed by atoms with E-state index in [-0.39, 0.29) is 12.0 Å². The van der Waals surface area contributed by atoms with Gasteiger partial charge in [0.1, 0.15) is 0 Å². The van der Waals surface area contributed by atoms with E-state index >= 15 is 0 Å². The summed E-state index contributed by atoms with van der Waals surface area (Å²) >= 11 is 0. The fourth-order valence-electron chi connectivity index (χ4n) is 2.32. The van der Waals surface area contributed by atoms with Crippen LogP contribution >= 0.6 is 0 Å². The molecule has 0 saturated heterocycles. The second-order valence-electron chi connectivity index (χ2n) is 4.23. The fourth-order valence-corrected chi connectivity index (χ4v) is 2.32. The van der Waals surface area contributed by atoms with Gasteiger partial charge in [0.2, 0.25) is 0 Å². The van der Waals surface area contributed by atoms with Crippen LogP contribution in [0.5, 0.6) is 0 Å². The lowest BCUT2D eigenvalue weighted by Gasteiger charge is -2.38. The van der Waals surface area contributed by atoms with Crippen molar-refractivity contribution in [2.45, 2.75) is 39.0 Å². The molecule has 2 unspecified atom stereocenters. The van der Waals surface area contributed by atoms with Crippen LogP contribution in [0.15, 0.2) is 0 Å². The van der Waals surface area contributed by atoms with E-state index in [0.717, 1.165) is 18.8 Å². The molecule has 0 aliphatic heterocycles. The Labute approximate surface area is 75.2 Å². The van der Waals surface area contributed by atoms with Crippen LogP contribution < -0.4 is 5.73 Å². The summed E-state index contributed by atoms with van der Waals surface area (Å²) in [5.41, 5.74) is 5.77. The van der Waals surface area contributed by atoms with Crippen molar-refractivity contribution < 1.29 is 5.11 Å². The zero-order chi connectivity index (χ0) is 9.03. The molecule has 2 heteroatoms. The summed E-state index contributed by atoms with van der Waals surface area (Å²) in [6.07, 6.45) is 6.07. The molecule has 12 heavy (non-hydrogen) atoms. The number of aliphatic hydroxyl groups excluding tert-OH is 1. The highest BCUT2D eigenvalue weighted by atomic mass is 16.3. The van der Waals surface area contributed by atoms with Crippen LogP contribution in [0.2, 0.25) is 0 Å². The normalized spacial score (nSPS) is 36.8. The molecule has 0 aromatic rings. The van der Waals surface area contributed by atoms with Gasteiger partial charge in [-0.25, -0.2) is 0 Å². The predicted molar refractivity (Wildman–Crippen MR) is 50.8 cm³/mol. The molecule has 1 saturated carbocycles. The SMILES string of the molecule is CCC1CCCC(CN)(CO)C1. The van der Waals surface area contributed by atoms with Crippen molar-refractivity contribution in [3.8, 4) is 0 Å². The summed E-state index contributed by atoms with van der Waals surface area (Å²) in [6, 6.07) is 0. The van der Waals surface area contributed by atoms with Crippen LogP contribution in [0.25, 0.3) is 0 Å². The van der Waals surface area contributed by atoms with Crippen molar-refractivity contribution in [3.63, 3.8) is 0 Å². The highest BCUT2D eigenvalue weighted by molar-refractivity contribution is 4.86. The zero-order valence-electron chi connectivity index (χ0n) is 8.05. The number of hydrogen-bond donors (Lipinski definition) is 2. The molecule has 0 bridgehead atoms. The molecule has 0 aromatic carbocycles. The number of aliphatic hydroxyl groups is 1. The first-order valence-electron chi connectivity index (χ1n) is 5.07. The molecule has 0 amide bonds. The van der Waals surface area contributed by atoms with Crippen LogP contribution in [0.3, 0.4) is 0 Å². The lowest BCUT2D eigenvalue weighted by molar-refractivity contribution is 0.0631. The van der Waals surface area contributed by atoms with Crippen molar-refractivity contribution in [1.82, 2.24) is 0 Å². The molecule has 0 spiro atoms. The smallest absolute Gasteiger partial charge is 0.0499 e. The molecule has 0 radical (unpaired) electrons. The van der Waals surface area contributed by atoms with Crippen molar-refractivity contribution in [1.29, 1.82) is 0 Å². The van der Waals surface area contributed by atoms with Gasteiger partial charge in [0, 0.05) is 18.6 Å². The van der Waals surface area contributed by atoms with Gasteiger partial charge in [0.15, 0.2) is 0 Å². The van der Waals surface area contributed by atoms with Crippen LogP contribution in [0.1, 0.15) is 39.0 Å². The van der Waals surface area contributed by atoms with E-state index in [1.165, 1.54) is 19.3 Å². The Balaban J connectivity index is 2.52. The highest BCUT2D eigenvalue weighted by Gasteiger charge is 2.33. The average Bonchev–Trinajstić information content (AvgIpc) is 2.18. The van der Waals surface area contributed by atoms with Gasteiger partial charge in [-0.1, -0.05) is 26.2 Å². The molecule has 1 fully saturated rings. The van der Waals surface area contributed by atoms with E-state index in [2.05, 4.69) is 6.92 Å². The highest BCUT2D eigenvalue weighted by Crippen LogP contribution is 2.39. The molecule has 2 atom stereocenters. The summed E-state index contributed by atoms with van der Waals surface area (Å²) in [6.45, 7) is 3.16. The summed E-state index contributed by atoms with van der Waals surface area (Å²) in [4.78, 5) is 0. The molecular formula is C10H21NO. The number of rotatable bonds is 3. The Morgan fingerprint density at radius 1 is 1.58 bits per heavy atom. The summed E-state index contributed by atoms with van der Waals surface area (Å²) in [5, 5.41) is 9.27. The molecule has 2 nitrogen and oxygen atoms in total. The first-order chi connectivity index (χ1) is 5.76. The van der Waals surface area contributed by atoms with Gasteiger partial charge < -0.3 is 10.8 Å². The first-order valence-corrected chi connectivity index (χ1v) is 5.07. The van der Waals surface area contributed by atoms with Gasteiger partial charge in [-0.3, -0.25) is 0 Å². The standard InChI is InChI=1S/C10H21NO/c1-2-9-4-3-5-10(6-9,7-11)8-12/h9,12H,2-8,11H2,1H3. The fraction of sp³-hybridized carbons (Fsp3) is 1.00. The van der Waals surface area contributed by atoms with Crippen LogP contribution in [0.4, 0.5) is 0 Å². The minimum Gasteiger partial charge on any atom is -0.396 e. The summed E-state index contributed by atoms with van der Waals surface area (Å²) in [7, 11) is 0. The van der Waals surface area contributed by atoms with E-state index in [9.17, 15) is 5.11 Å². The third kappa shape index (κ3) is 1.99. The maximum atomic E-state index is 9.27. The predicted octanol–water partition coefficient (Wildman–Crippen LogP) is 1.52. The summed E-state index contributed by atoms with van der Waals surface area (Å²) < 4.78 is 0. The van der Waals surface area contributed by atoms with Gasteiger partial charge in [0.05, 0.1) is 0 Å². The monoisotopic (exact) mass is 171 g/mol. The van der Waals surface area contributed by atoms with Gasteiger partial charge >= 0.3 is 0 Å². The maximum absolute atomic E-state index is 9.27. The van der Waals surface area contributed by atoms with Gasteiger partial charge in [-0.05, 0) is 18.8 Å². The second-order valence-corrected chi connectivity index (χ2v) is 4.23. The molecule has 3 N–H and O–H groups in total. The molecular weight excluding hydrogens is 150 g/mol. The largest absolute Gasteiger partial charge is 0.396 e. The van der Waals surface area contributed by atoms with Crippen molar-refractivity contribution in [2.75, 3.05) is 13.2 Å². The van der Waals surface area contributed by atoms with E-state index in [1.54, 1.807) is 0 Å². The Morgan fingerprint density at radius 3 is 2.83 bits per heavy atom. The van der Waals surface area contributed by atoms with Crippen LogP contribution in [0, 0.1) is 11.3 Å². The van der Waals surface area contributed by atoms with Gasteiger partial charge in [-0.15, -0.1) is 0 Å². The van der Waals surface area contributed by atoms with Crippen molar-refractivity contribution in [2.24, 2.45) is 17.1 Å². The topological polar surface area (TPSA) is 46.2 Å². The minimum atomic E-state index is 0.0684. The molecule has 0 aromatic heterocycles. The lowest BCUT2D eigenvalue weighted by Crippen LogP contribution is -2.38.